The van der Waals surface area contributed by atoms with Crippen LogP contribution in [0.1, 0.15) is 42.6 Å². The van der Waals surface area contributed by atoms with Crippen molar-refractivity contribution in [1.29, 1.82) is 0 Å². The van der Waals surface area contributed by atoms with Gasteiger partial charge in [-0.2, -0.15) is 0 Å². The number of nitrogens with zero attached hydrogens (tertiary/aromatic N) is 2. The third kappa shape index (κ3) is 3.46. The highest BCUT2D eigenvalue weighted by Crippen LogP contribution is 2.22. The first-order valence-electron chi connectivity index (χ1n) is 7.78. The predicted octanol–water partition coefficient (Wildman–Crippen LogP) is 4.11. The topological polar surface area (TPSA) is 59.9 Å². The van der Waals surface area contributed by atoms with Crippen LogP contribution >= 0.6 is 11.6 Å². The number of nitrogens with one attached hydrogen (secondary N) is 1. The summed E-state index contributed by atoms with van der Waals surface area (Å²) in [6.45, 7) is 6.17. The molecule has 0 saturated heterocycles. The molecule has 24 heavy (non-hydrogen) atoms. The van der Waals surface area contributed by atoms with Crippen molar-refractivity contribution in [3.8, 4) is 0 Å². The second kappa shape index (κ2) is 6.32. The number of ether oxygens (including phenoxy) is 1. The molecule has 0 unspecified atom stereocenters. The average molecular weight is 346 g/mol. The maximum atomic E-state index is 12.3. The normalized spacial score (nSPS) is 11.8. The van der Waals surface area contributed by atoms with Crippen molar-refractivity contribution in [2.75, 3.05) is 0 Å². The van der Waals surface area contributed by atoms with Gasteiger partial charge in [0.05, 0.1) is 29.0 Å². The Morgan fingerprint density at radius 1 is 1.33 bits per heavy atom. The maximum absolute atomic E-state index is 12.3. The van der Waals surface area contributed by atoms with E-state index in [1.807, 2.05) is 55.8 Å². The Morgan fingerprint density at radius 3 is 2.75 bits per heavy atom. The Hall–Kier alpha value is -2.27. The zero-order chi connectivity index (χ0) is 17.3. The molecule has 0 atom stereocenters. The average Bonchev–Trinajstić information content (AvgIpc) is 3.13. The first kappa shape index (κ1) is 16.6. The van der Waals surface area contributed by atoms with Gasteiger partial charge in [0.25, 0.3) is 0 Å². The highest BCUT2D eigenvalue weighted by molar-refractivity contribution is 6.16. The third-order valence-electron chi connectivity index (χ3n) is 3.57. The molecule has 0 amide bonds. The number of carbonyl (C=O) groups excluding carboxylic acids is 1. The lowest BCUT2D eigenvalue weighted by molar-refractivity contribution is 0.00697. The molecular weight excluding hydrogens is 326 g/mol. The van der Waals surface area contributed by atoms with Crippen LogP contribution in [-0.4, -0.2) is 26.1 Å². The summed E-state index contributed by atoms with van der Waals surface area (Å²) < 4.78 is 7.47. The highest BCUT2D eigenvalue weighted by Gasteiger charge is 2.19. The van der Waals surface area contributed by atoms with Crippen LogP contribution in [0.2, 0.25) is 0 Å². The number of halogens is 1. The van der Waals surface area contributed by atoms with Crippen molar-refractivity contribution in [3.63, 3.8) is 0 Å². The molecule has 0 fully saturated rings. The van der Waals surface area contributed by atoms with Gasteiger partial charge in [-0.15, -0.1) is 11.6 Å². The molecule has 5 nitrogen and oxygen atoms in total. The summed E-state index contributed by atoms with van der Waals surface area (Å²) in [6.07, 6.45) is 1.88. The Balaban J connectivity index is 2.02. The van der Waals surface area contributed by atoms with Crippen molar-refractivity contribution in [3.05, 3.63) is 53.6 Å². The number of esters is 1. The molecule has 3 aromatic rings. The molecule has 1 aromatic carbocycles. The van der Waals surface area contributed by atoms with E-state index in [0.717, 1.165) is 22.6 Å². The molecule has 0 bridgehead atoms. The minimum Gasteiger partial charge on any atom is -0.456 e. The van der Waals surface area contributed by atoms with Crippen LogP contribution in [-0.2, 0) is 17.2 Å². The lowest BCUT2D eigenvalue weighted by atomic mass is 10.1. The molecule has 126 valence electrons. The van der Waals surface area contributed by atoms with Crippen molar-refractivity contribution in [2.24, 2.45) is 0 Å². The SMILES string of the molecule is CC(C)(C)OC(=O)c1ccc2nc(CCl)n(Cc3ccc[nH]3)c2c1. The van der Waals surface area contributed by atoms with Gasteiger partial charge in [0.1, 0.15) is 11.4 Å². The van der Waals surface area contributed by atoms with Crippen molar-refractivity contribution in [2.45, 2.75) is 38.8 Å². The Bertz CT molecular complexity index is 860. The van der Waals surface area contributed by atoms with Crippen LogP contribution in [0.4, 0.5) is 0 Å². The standard InChI is InChI=1S/C18H20ClN3O2/c1-18(2,3)24-17(23)12-6-7-14-15(9-12)22(16(10-19)21-14)11-13-5-4-8-20-13/h4-9,20H,10-11H2,1-3H3. The van der Waals surface area contributed by atoms with E-state index in [1.165, 1.54) is 0 Å². The number of hydrogen-bond donors (Lipinski definition) is 1. The van der Waals surface area contributed by atoms with Crippen LogP contribution in [0.5, 0.6) is 0 Å². The highest BCUT2D eigenvalue weighted by atomic mass is 35.5. The van der Waals surface area contributed by atoms with E-state index in [4.69, 9.17) is 16.3 Å². The number of fused-ring (bicyclic) bond motifs is 1. The Labute approximate surface area is 145 Å². The van der Waals surface area contributed by atoms with Crippen LogP contribution in [0.15, 0.2) is 36.5 Å². The molecule has 0 spiro atoms. The first-order chi connectivity index (χ1) is 11.4. The number of carbonyl (C=O) groups is 1. The number of hydrogen-bond acceptors (Lipinski definition) is 3. The van der Waals surface area contributed by atoms with Gasteiger partial charge in [-0.3, -0.25) is 0 Å². The molecule has 2 heterocycles. The van der Waals surface area contributed by atoms with Gasteiger partial charge in [-0.05, 0) is 51.1 Å². The molecule has 0 aliphatic heterocycles. The fourth-order valence-electron chi connectivity index (χ4n) is 2.55. The van der Waals surface area contributed by atoms with Crippen LogP contribution in [0.3, 0.4) is 0 Å². The molecule has 1 N–H and O–H groups in total. The van der Waals surface area contributed by atoms with Gasteiger partial charge in [-0.1, -0.05) is 0 Å². The number of rotatable bonds is 4. The molecule has 0 radical (unpaired) electrons. The van der Waals surface area contributed by atoms with Crippen LogP contribution < -0.4 is 0 Å². The first-order valence-corrected chi connectivity index (χ1v) is 8.31. The number of benzene rings is 1. The Kier molecular flexibility index (Phi) is 4.37. The van der Waals surface area contributed by atoms with Gasteiger partial charge in [0.2, 0.25) is 0 Å². The van der Waals surface area contributed by atoms with Crippen LogP contribution in [0, 0.1) is 0 Å². The number of alkyl halides is 1. The summed E-state index contributed by atoms with van der Waals surface area (Å²) in [5.74, 6) is 0.726. The van der Waals surface area contributed by atoms with Gasteiger partial charge >= 0.3 is 5.97 Å². The molecule has 3 rings (SSSR count). The summed E-state index contributed by atoms with van der Waals surface area (Å²) >= 11 is 6.05. The van der Waals surface area contributed by atoms with Crippen LogP contribution in [0.25, 0.3) is 11.0 Å². The zero-order valence-electron chi connectivity index (χ0n) is 14.0. The Morgan fingerprint density at radius 2 is 2.12 bits per heavy atom. The largest absolute Gasteiger partial charge is 0.456 e. The van der Waals surface area contributed by atoms with E-state index in [9.17, 15) is 4.79 Å². The van der Waals surface area contributed by atoms with Gasteiger partial charge in [0.15, 0.2) is 0 Å². The summed E-state index contributed by atoms with van der Waals surface area (Å²) in [7, 11) is 0. The van der Waals surface area contributed by atoms with E-state index in [0.29, 0.717) is 18.0 Å². The molecule has 0 aliphatic rings. The summed E-state index contributed by atoms with van der Waals surface area (Å²) in [6, 6.07) is 9.33. The monoisotopic (exact) mass is 345 g/mol. The van der Waals surface area contributed by atoms with Gasteiger partial charge in [-0.25, -0.2) is 9.78 Å². The van der Waals surface area contributed by atoms with Crippen molar-refractivity contribution >= 4 is 28.6 Å². The zero-order valence-corrected chi connectivity index (χ0v) is 14.7. The second-order valence-electron chi connectivity index (χ2n) is 6.65. The lowest BCUT2D eigenvalue weighted by Crippen LogP contribution is -2.23. The summed E-state index contributed by atoms with van der Waals surface area (Å²) in [4.78, 5) is 20.1. The van der Waals surface area contributed by atoms with E-state index < -0.39 is 5.60 Å². The van der Waals surface area contributed by atoms with E-state index in [2.05, 4.69) is 9.97 Å². The summed E-state index contributed by atoms with van der Waals surface area (Å²) in [5, 5.41) is 0. The summed E-state index contributed by atoms with van der Waals surface area (Å²) in [5.41, 5.74) is 2.69. The van der Waals surface area contributed by atoms with Crippen molar-refractivity contribution < 1.29 is 9.53 Å². The van der Waals surface area contributed by atoms with Gasteiger partial charge < -0.3 is 14.3 Å². The van der Waals surface area contributed by atoms with E-state index in [-0.39, 0.29) is 5.97 Å². The minimum absolute atomic E-state index is 0.303. The fraction of sp³-hybridized carbons (Fsp3) is 0.333. The van der Waals surface area contributed by atoms with Crippen molar-refractivity contribution in [1.82, 2.24) is 14.5 Å². The molecular formula is C18H20ClN3O2. The minimum atomic E-state index is -0.530. The van der Waals surface area contributed by atoms with E-state index >= 15 is 0 Å². The predicted molar refractivity (Wildman–Crippen MR) is 94.4 cm³/mol. The molecule has 0 saturated carbocycles. The van der Waals surface area contributed by atoms with E-state index in [1.54, 1.807) is 6.07 Å². The smallest absolute Gasteiger partial charge is 0.338 e. The number of imidazole rings is 1. The lowest BCUT2D eigenvalue weighted by Gasteiger charge is -2.19. The second-order valence-corrected chi connectivity index (χ2v) is 6.92. The molecule has 6 heteroatoms. The number of H-pyrrole nitrogens is 1. The molecule has 2 aromatic heterocycles. The third-order valence-corrected chi connectivity index (χ3v) is 3.81. The number of aromatic nitrogens is 3. The maximum Gasteiger partial charge on any atom is 0.338 e. The van der Waals surface area contributed by atoms with Gasteiger partial charge in [0, 0.05) is 11.9 Å². The quantitative estimate of drug-likeness (QED) is 0.572. The number of aromatic amines is 1. The fourth-order valence-corrected chi connectivity index (χ4v) is 2.76. The molecule has 0 aliphatic carbocycles.